The third-order valence-electron chi connectivity index (χ3n) is 6.17. The Balaban J connectivity index is 1.27. The molecule has 0 saturated carbocycles. The Hall–Kier alpha value is -4.46. The summed E-state index contributed by atoms with van der Waals surface area (Å²) in [6.45, 7) is 4.22. The molecule has 0 aliphatic carbocycles. The number of anilines is 1. The summed E-state index contributed by atoms with van der Waals surface area (Å²) in [5.74, 6) is -1.47. The monoisotopic (exact) mass is 469 g/mol. The van der Waals surface area contributed by atoms with Crippen LogP contribution >= 0.6 is 0 Å². The molecule has 0 atom stereocenters. The molecule has 176 valence electrons. The summed E-state index contributed by atoms with van der Waals surface area (Å²) in [6.07, 6.45) is 0.441. The van der Waals surface area contributed by atoms with Crippen LogP contribution in [0.5, 0.6) is 0 Å². The number of ether oxygens (including phenoxy) is 1. The highest BCUT2D eigenvalue weighted by molar-refractivity contribution is 6.35. The zero-order valence-corrected chi connectivity index (χ0v) is 19.3. The lowest BCUT2D eigenvalue weighted by atomic mass is 10.1. The van der Waals surface area contributed by atoms with E-state index >= 15 is 0 Å². The molecule has 2 amide bonds. The summed E-state index contributed by atoms with van der Waals surface area (Å²) >= 11 is 0. The molecule has 0 radical (unpaired) electrons. The molecule has 1 N–H and O–H groups in total. The lowest BCUT2D eigenvalue weighted by molar-refractivity contribution is 0.0496. The molecule has 8 nitrogen and oxygen atoms in total. The first-order valence-corrected chi connectivity index (χ1v) is 11.3. The fourth-order valence-electron chi connectivity index (χ4n) is 4.35. The zero-order chi connectivity index (χ0) is 24.7. The van der Waals surface area contributed by atoms with Gasteiger partial charge in [0.05, 0.1) is 40.0 Å². The SMILES string of the molecule is Cc1ccc(C)c(N2C(=O)c3ccc(C(=O)OCCCn4c(=O)[nH]c5ccccc54)cc3C2=O)c1. The van der Waals surface area contributed by atoms with Gasteiger partial charge in [0, 0.05) is 6.54 Å². The summed E-state index contributed by atoms with van der Waals surface area (Å²) in [4.78, 5) is 54.8. The number of fused-ring (bicyclic) bond motifs is 2. The number of imide groups is 1. The van der Waals surface area contributed by atoms with Gasteiger partial charge in [0.2, 0.25) is 0 Å². The molecule has 0 fully saturated rings. The number of carbonyl (C=O) groups is 3. The van der Waals surface area contributed by atoms with Gasteiger partial charge in [-0.1, -0.05) is 24.3 Å². The number of H-pyrrole nitrogens is 1. The van der Waals surface area contributed by atoms with Crippen LogP contribution in [-0.4, -0.2) is 33.9 Å². The molecular weight excluding hydrogens is 446 g/mol. The van der Waals surface area contributed by atoms with E-state index in [2.05, 4.69) is 4.98 Å². The Kier molecular flexibility index (Phi) is 5.56. The smallest absolute Gasteiger partial charge is 0.338 e. The highest BCUT2D eigenvalue weighted by Crippen LogP contribution is 2.32. The number of nitrogens with one attached hydrogen (secondary N) is 1. The van der Waals surface area contributed by atoms with Gasteiger partial charge in [0.1, 0.15) is 0 Å². The van der Waals surface area contributed by atoms with Gasteiger partial charge in [-0.3, -0.25) is 14.2 Å². The van der Waals surface area contributed by atoms with Gasteiger partial charge < -0.3 is 9.72 Å². The van der Waals surface area contributed by atoms with E-state index in [9.17, 15) is 19.2 Å². The van der Waals surface area contributed by atoms with Crippen molar-refractivity contribution in [2.45, 2.75) is 26.8 Å². The number of aromatic amines is 1. The van der Waals surface area contributed by atoms with Crippen LogP contribution in [0.4, 0.5) is 5.69 Å². The Bertz CT molecular complexity index is 1560. The van der Waals surface area contributed by atoms with Gasteiger partial charge in [-0.25, -0.2) is 14.5 Å². The summed E-state index contributed by atoms with van der Waals surface area (Å²) in [7, 11) is 0. The number of benzene rings is 3. The van der Waals surface area contributed by atoms with Crippen LogP contribution in [0.3, 0.4) is 0 Å². The second kappa shape index (κ2) is 8.72. The van der Waals surface area contributed by atoms with Crippen molar-refractivity contribution in [3.05, 3.63) is 99.0 Å². The molecule has 1 aromatic heterocycles. The Morgan fingerprint density at radius 1 is 0.914 bits per heavy atom. The number of esters is 1. The van der Waals surface area contributed by atoms with Crippen molar-refractivity contribution in [1.82, 2.24) is 9.55 Å². The fraction of sp³-hybridized carbons (Fsp3) is 0.185. The van der Waals surface area contributed by atoms with Crippen LogP contribution < -0.4 is 10.6 Å². The van der Waals surface area contributed by atoms with Crippen molar-refractivity contribution in [3.8, 4) is 0 Å². The van der Waals surface area contributed by atoms with Crippen molar-refractivity contribution < 1.29 is 19.1 Å². The topological polar surface area (TPSA) is 101 Å². The average Bonchev–Trinajstić information content (AvgIpc) is 3.30. The maximum absolute atomic E-state index is 13.1. The van der Waals surface area contributed by atoms with E-state index in [0.717, 1.165) is 27.1 Å². The minimum atomic E-state index is -0.593. The predicted octanol–water partition coefficient (Wildman–Crippen LogP) is 3.99. The van der Waals surface area contributed by atoms with Gasteiger partial charge in [-0.15, -0.1) is 0 Å². The molecule has 0 bridgehead atoms. The number of aryl methyl sites for hydroxylation is 3. The maximum atomic E-state index is 13.1. The largest absolute Gasteiger partial charge is 0.462 e. The third-order valence-corrected chi connectivity index (χ3v) is 6.17. The normalized spacial score (nSPS) is 12.9. The van der Waals surface area contributed by atoms with Gasteiger partial charge >= 0.3 is 11.7 Å². The number of rotatable bonds is 6. The van der Waals surface area contributed by atoms with Gasteiger partial charge in [0.15, 0.2) is 0 Å². The van der Waals surface area contributed by atoms with Crippen LogP contribution in [0.25, 0.3) is 11.0 Å². The predicted molar refractivity (Wildman–Crippen MR) is 131 cm³/mol. The third kappa shape index (κ3) is 3.93. The second-order valence-electron chi connectivity index (χ2n) is 8.58. The molecule has 35 heavy (non-hydrogen) atoms. The first kappa shape index (κ1) is 22.3. The van der Waals surface area contributed by atoms with Crippen LogP contribution in [0.1, 0.15) is 48.6 Å². The van der Waals surface area contributed by atoms with Crippen LogP contribution in [0, 0.1) is 13.8 Å². The molecule has 5 rings (SSSR count). The minimum absolute atomic E-state index is 0.101. The Morgan fingerprint density at radius 3 is 2.51 bits per heavy atom. The number of para-hydroxylation sites is 2. The maximum Gasteiger partial charge on any atom is 0.338 e. The molecule has 0 spiro atoms. The number of carbonyl (C=O) groups excluding carboxylic acids is 3. The molecule has 8 heteroatoms. The molecule has 0 unspecified atom stereocenters. The van der Waals surface area contributed by atoms with E-state index < -0.39 is 17.8 Å². The highest BCUT2D eigenvalue weighted by atomic mass is 16.5. The van der Waals surface area contributed by atoms with E-state index in [-0.39, 0.29) is 29.0 Å². The number of hydrogen-bond donors (Lipinski definition) is 1. The molecule has 1 aliphatic heterocycles. The van der Waals surface area contributed by atoms with Crippen molar-refractivity contribution in [1.29, 1.82) is 0 Å². The average molecular weight is 469 g/mol. The molecule has 4 aromatic rings. The standard InChI is InChI=1S/C27H23N3O5/c1-16-8-9-17(2)23(14-16)30-24(31)19-11-10-18(15-20(19)25(30)32)26(33)35-13-5-12-29-22-7-4-3-6-21(22)28-27(29)34/h3-4,6-11,14-15H,5,12-13H2,1-2H3,(H,28,34). The zero-order valence-electron chi connectivity index (χ0n) is 19.3. The number of aromatic nitrogens is 2. The lowest BCUT2D eigenvalue weighted by Crippen LogP contribution is -2.30. The fourth-order valence-corrected chi connectivity index (χ4v) is 4.35. The van der Waals surface area contributed by atoms with E-state index in [4.69, 9.17) is 4.74 Å². The summed E-state index contributed by atoms with van der Waals surface area (Å²) in [5.41, 5.74) is 4.22. The Labute approximate surface area is 200 Å². The van der Waals surface area contributed by atoms with E-state index in [0.29, 0.717) is 18.7 Å². The number of nitrogens with zero attached hydrogens (tertiary/aromatic N) is 2. The second-order valence-corrected chi connectivity index (χ2v) is 8.58. The quantitative estimate of drug-likeness (QED) is 0.261. The molecule has 0 saturated heterocycles. The van der Waals surface area contributed by atoms with Crippen molar-refractivity contribution in [2.75, 3.05) is 11.5 Å². The van der Waals surface area contributed by atoms with Crippen molar-refractivity contribution in [3.63, 3.8) is 0 Å². The molecule has 3 aromatic carbocycles. The molecule has 1 aliphatic rings. The van der Waals surface area contributed by atoms with Gasteiger partial charge in [-0.2, -0.15) is 0 Å². The highest BCUT2D eigenvalue weighted by Gasteiger charge is 2.38. The van der Waals surface area contributed by atoms with E-state index in [1.165, 1.54) is 18.2 Å². The van der Waals surface area contributed by atoms with E-state index in [1.54, 1.807) is 10.6 Å². The summed E-state index contributed by atoms with van der Waals surface area (Å²) < 4.78 is 6.97. The van der Waals surface area contributed by atoms with Gasteiger partial charge in [0.25, 0.3) is 11.8 Å². The van der Waals surface area contributed by atoms with E-state index in [1.807, 2.05) is 50.2 Å². The number of amides is 2. The first-order chi connectivity index (χ1) is 16.8. The summed E-state index contributed by atoms with van der Waals surface area (Å²) in [6, 6.07) is 17.3. The minimum Gasteiger partial charge on any atom is -0.462 e. The molecule has 2 heterocycles. The first-order valence-electron chi connectivity index (χ1n) is 11.3. The van der Waals surface area contributed by atoms with Crippen LogP contribution in [0.15, 0.2) is 65.5 Å². The lowest BCUT2D eigenvalue weighted by Gasteiger charge is -2.17. The van der Waals surface area contributed by atoms with Crippen LogP contribution in [0.2, 0.25) is 0 Å². The van der Waals surface area contributed by atoms with Gasteiger partial charge in [-0.05, 0) is 67.8 Å². The Morgan fingerprint density at radius 2 is 1.69 bits per heavy atom. The van der Waals surface area contributed by atoms with Crippen molar-refractivity contribution >= 4 is 34.5 Å². The summed E-state index contributed by atoms with van der Waals surface area (Å²) in [5, 5.41) is 0. The number of hydrogen-bond acceptors (Lipinski definition) is 5. The van der Waals surface area contributed by atoms with Crippen LogP contribution in [-0.2, 0) is 11.3 Å². The molecular formula is C27H23N3O5. The number of imidazole rings is 1. The van der Waals surface area contributed by atoms with Crippen molar-refractivity contribution in [2.24, 2.45) is 0 Å².